The minimum atomic E-state index is 0.273. The third-order valence-electron chi connectivity index (χ3n) is 3.26. The van der Waals surface area contributed by atoms with Crippen LogP contribution < -0.4 is 5.32 Å². The summed E-state index contributed by atoms with van der Waals surface area (Å²) >= 11 is 0. The molecule has 4 nitrogen and oxygen atoms in total. The molecule has 1 aliphatic heterocycles. The molecule has 0 saturated heterocycles. The number of hydrogen-bond donors (Lipinski definition) is 1. The summed E-state index contributed by atoms with van der Waals surface area (Å²) in [4.78, 5) is 6.63. The van der Waals surface area contributed by atoms with Crippen LogP contribution in [0.2, 0.25) is 0 Å². The van der Waals surface area contributed by atoms with Gasteiger partial charge in [0.25, 0.3) is 0 Å². The predicted molar refractivity (Wildman–Crippen MR) is 74.8 cm³/mol. The highest BCUT2D eigenvalue weighted by Gasteiger charge is 2.21. The van der Waals surface area contributed by atoms with Crippen LogP contribution in [0.25, 0.3) is 0 Å². The van der Waals surface area contributed by atoms with Crippen LogP contribution in [0.3, 0.4) is 0 Å². The van der Waals surface area contributed by atoms with E-state index in [2.05, 4.69) is 39.5 Å². The fourth-order valence-corrected chi connectivity index (χ4v) is 2.24. The first-order valence-corrected chi connectivity index (χ1v) is 6.42. The number of guanidine groups is 1. The molecule has 1 atom stereocenters. The molecule has 1 aromatic heterocycles. The van der Waals surface area contributed by atoms with Crippen LogP contribution in [0.1, 0.15) is 17.4 Å². The summed E-state index contributed by atoms with van der Waals surface area (Å²) < 4.78 is 5.35. The molecule has 1 aromatic carbocycles. The molecule has 0 amide bonds. The number of benzene rings is 1. The maximum atomic E-state index is 5.35. The molecule has 19 heavy (non-hydrogen) atoms. The molecule has 2 aromatic rings. The SMILES string of the molecule is CN(Cc1ccco1)C1=NCC(c2ccccc2)N1. The normalized spacial score (nSPS) is 17.9. The van der Waals surface area contributed by atoms with Crippen LogP contribution in [-0.4, -0.2) is 24.5 Å². The number of nitrogens with one attached hydrogen (secondary N) is 1. The summed E-state index contributed by atoms with van der Waals surface area (Å²) in [5, 5.41) is 3.45. The fraction of sp³-hybridized carbons (Fsp3) is 0.267. The molecule has 0 spiro atoms. The van der Waals surface area contributed by atoms with E-state index in [1.165, 1.54) is 5.56 Å². The van der Waals surface area contributed by atoms with Gasteiger partial charge in [0.2, 0.25) is 0 Å². The van der Waals surface area contributed by atoms with E-state index in [0.717, 1.165) is 24.8 Å². The van der Waals surface area contributed by atoms with E-state index in [4.69, 9.17) is 4.42 Å². The predicted octanol–water partition coefficient (Wildman–Crippen LogP) is 2.41. The molecule has 0 saturated carbocycles. The first kappa shape index (κ1) is 11.8. The number of rotatable bonds is 3. The molecule has 2 heterocycles. The van der Waals surface area contributed by atoms with Crippen LogP contribution in [0.4, 0.5) is 0 Å². The molecule has 0 bridgehead atoms. The van der Waals surface area contributed by atoms with Gasteiger partial charge in [-0.05, 0) is 17.7 Å². The summed E-state index contributed by atoms with van der Waals surface area (Å²) in [6.07, 6.45) is 1.69. The Morgan fingerprint density at radius 3 is 2.84 bits per heavy atom. The lowest BCUT2D eigenvalue weighted by atomic mass is 10.1. The Balaban J connectivity index is 1.62. The minimum absolute atomic E-state index is 0.273. The highest BCUT2D eigenvalue weighted by Crippen LogP contribution is 2.18. The summed E-state index contributed by atoms with van der Waals surface area (Å²) in [6, 6.07) is 14.5. The fourth-order valence-electron chi connectivity index (χ4n) is 2.24. The highest BCUT2D eigenvalue weighted by molar-refractivity contribution is 5.81. The van der Waals surface area contributed by atoms with Crippen molar-refractivity contribution in [1.82, 2.24) is 10.2 Å². The van der Waals surface area contributed by atoms with Crippen molar-refractivity contribution in [2.75, 3.05) is 13.6 Å². The second-order valence-corrected chi connectivity index (χ2v) is 4.71. The molecule has 1 aliphatic rings. The summed E-state index contributed by atoms with van der Waals surface area (Å²) in [6.45, 7) is 1.50. The summed E-state index contributed by atoms with van der Waals surface area (Å²) in [7, 11) is 2.02. The molecule has 98 valence electrons. The van der Waals surface area contributed by atoms with Crippen LogP contribution in [0.15, 0.2) is 58.1 Å². The van der Waals surface area contributed by atoms with Crippen LogP contribution in [-0.2, 0) is 6.54 Å². The van der Waals surface area contributed by atoms with Gasteiger partial charge in [-0.2, -0.15) is 0 Å². The first-order valence-electron chi connectivity index (χ1n) is 6.42. The zero-order valence-electron chi connectivity index (χ0n) is 10.9. The molecule has 3 rings (SSSR count). The molecular weight excluding hydrogens is 238 g/mol. The Morgan fingerprint density at radius 2 is 2.11 bits per heavy atom. The second kappa shape index (κ2) is 5.18. The molecule has 0 aliphatic carbocycles. The van der Waals surface area contributed by atoms with Crippen molar-refractivity contribution in [3.05, 3.63) is 60.1 Å². The van der Waals surface area contributed by atoms with Gasteiger partial charge in [-0.25, -0.2) is 0 Å². The number of furan rings is 1. The van der Waals surface area contributed by atoms with Gasteiger partial charge in [-0.1, -0.05) is 30.3 Å². The Kier molecular flexibility index (Phi) is 3.23. The lowest BCUT2D eigenvalue weighted by Gasteiger charge is -2.20. The maximum Gasteiger partial charge on any atom is 0.194 e. The van der Waals surface area contributed by atoms with E-state index in [0.29, 0.717) is 0 Å². The smallest absolute Gasteiger partial charge is 0.194 e. The van der Waals surface area contributed by atoms with Crippen LogP contribution in [0.5, 0.6) is 0 Å². The molecular formula is C15H17N3O. The van der Waals surface area contributed by atoms with Gasteiger partial charge in [0.1, 0.15) is 5.76 Å². The zero-order valence-corrected chi connectivity index (χ0v) is 10.9. The van der Waals surface area contributed by atoms with Crippen molar-refractivity contribution >= 4 is 5.96 Å². The first-order chi connectivity index (χ1) is 9.33. The van der Waals surface area contributed by atoms with Crippen LogP contribution >= 0.6 is 0 Å². The topological polar surface area (TPSA) is 40.8 Å². The molecule has 0 fully saturated rings. The average Bonchev–Trinajstić information content (AvgIpc) is 3.10. The third kappa shape index (κ3) is 2.62. The summed E-state index contributed by atoms with van der Waals surface area (Å²) in [5.74, 6) is 1.86. The van der Waals surface area contributed by atoms with Gasteiger partial charge in [0, 0.05) is 7.05 Å². The largest absolute Gasteiger partial charge is 0.467 e. The molecule has 4 heteroatoms. The van der Waals surface area contributed by atoms with E-state index in [1.807, 2.05) is 25.2 Å². The van der Waals surface area contributed by atoms with Gasteiger partial charge in [-0.3, -0.25) is 4.99 Å². The minimum Gasteiger partial charge on any atom is -0.467 e. The molecule has 1 unspecified atom stereocenters. The van der Waals surface area contributed by atoms with Crippen molar-refractivity contribution in [2.45, 2.75) is 12.6 Å². The number of nitrogens with zero attached hydrogens (tertiary/aromatic N) is 2. The van der Waals surface area contributed by atoms with Gasteiger partial charge in [0.15, 0.2) is 5.96 Å². The van der Waals surface area contributed by atoms with Gasteiger partial charge in [-0.15, -0.1) is 0 Å². The van der Waals surface area contributed by atoms with Crippen LogP contribution in [0, 0.1) is 0 Å². The second-order valence-electron chi connectivity index (χ2n) is 4.71. The third-order valence-corrected chi connectivity index (χ3v) is 3.26. The van der Waals surface area contributed by atoms with Crippen molar-refractivity contribution in [2.24, 2.45) is 4.99 Å². The molecule has 0 radical (unpaired) electrons. The van der Waals surface area contributed by atoms with Crippen molar-refractivity contribution in [3.8, 4) is 0 Å². The maximum absolute atomic E-state index is 5.35. The van der Waals surface area contributed by atoms with E-state index in [1.54, 1.807) is 6.26 Å². The van der Waals surface area contributed by atoms with Crippen molar-refractivity contribution < 1.29 is 4.42 Å². The standard InChI is InChI=1S/C15H17N3O/c1-18(11-13-8-5-9-19-13)15-16-10-14(17-15)12-6-3-2-4-7-12/h2-9,14H,10-11H2,1H3,(H,16,17). The van der Waals surface area contributed by atoms with E-state index in [-0.39, 0.29) is 6.04 Å². The van der Waals surface area contributed by atoms with E-state index in [9.17, 15) is 0 Å². The van der Waals surface area contributed by atoms with Crippen molar-refractivity contribution in [3.63, 3.8) is 0 Å². The van der Waals surface area contributed by atoms with E-state index >= 15 is 0 Å². The Labute approximate surface area is 112 Å². The Hall–Kier alpha value is -2.23. The highest BCUT2D eigenvalue weighted by atomic mass is 16.3. The Morgan fingerprint density at radius 1 is 1.26 bits per heavy atom. The number of aliphatic imine (C=N–C) groups is 1. The van der Waals surface area contributed by atoms with Gasteiger partial charge < -0.3 is 14.6 Å². The zero-order chi connectivity index (χ0) is 13.1. The monoisotopic (exact) mass is 255 g/mol. The van der Waals surface area contributed by atoms with E-state index < -0.39 is 0 Å². The number of hydrogen-bond acceptors (Lipinski definition) is 4. The summed E-state index contributed by atoms with van der Waals surface area (Å²) in [5.41, 5.74) is 1.27. The molecule has 1 N–H and O–H groups in total. The lowest BCUT2D eigenvalue weighted by Crippen LogP contribution is -2.36. The average molecular weight is 255 g/mol. The van der Waals surface area contributed by atoms with Gasteiger partial charge in [0.05, 0.1) is 25.4 Å². The van der Waals surface area contributed by atoms with Crippen molar-refractivity contribution in [1.29, 1.82) is 0 Å². The quantitative estimate of drug-likeness (QED) is 0.915. The Bertz CT molecular complexity index is 548. The lowest BCUT2D eigenvalue weighted by molar-refractivity contribution is 0.402. The van der Waals surface area contributed by atoms with Gasteiger partial charge >= 0.3 is 0 Å².